The number of unbranched alkanes of at least 4 members (excludes halogenated alkanes) is 7. The summed E-state index contributed by atoms with van der Waals surface area (Å²) in [6.07, 6.45) is 12.4. The van der Waals surface area contributed by atoms with Gasteiger partial charge in [0.05, 0.1) is 0 Å². The number of hydrogen-bond donors (Lipinski definition) is 0. The quantitative estimate of drug-likeness (QED) is 0.493. The Morgan fingerprint density at radius 2 is 1.68 bits per heavy atom. The molecule has 0 saturated carbocycles. The van der Waals surface area contributed by atoms with Crippen molar-refractivity contribution in [2.45, 2.75) is 70.8 Å². The molecule has 0 aliphatic carbocycles. The normalized spacial score (nSPS) is 17.6. The zero-order valence-corrected chi connectivity index (χ0v) is 13.7. The Bertz CT molecular complexity index is 348. The van der Waals surface area contributed by atoms with E-state index in [-0.39, 0.29) is 6.10 Å². The van der Waals surface area contributed by atoms with Gasteiger partial charge in [-0.3, -0.25) is 0 Å². The van der Waals surface area contributed by atoms with Crippen molar-refractivity contribution < 1.29 is 9.47 Å². The molecule has 0 saturated heterocycles. The molecule has 19 heavy (non-hydrogen) atoms. The summed E-state index contributed by atoms with van der Waals surface area (Å²) < 4.78 is 11.7. The fourth-order valence-electron chi connectivity index (χ4n) is 2.51. The van der Waals surface area contributed by atoms with E-state index in [1.54, 1.807) is 0 Å². The summed E-state index contributed by atoms with van der Waals surface area (Å²) in [5, 5.41) is 0. The Balaban J connectivity index is 1.48. The zero-order chi connectivity index (χ0) is 13.3. The van der Waals surface area contributed by atoms with Crippen LogP contribution >= 0.6 is 0 Å². The van der Waals surface area contributed by atoms with Gasteiger partial charge in [0.1, 0.15) is 0 Å². The maximum atomic E-state index is 5.95. The zero-order valence-electron chi connectivity index (χ0n) is 12.0. The van der Waals surface area contributed by atoms with E-state index in [1.165, 1.54) is 51.4 Å². The molecule has 0 fully saturated rings. The minimum atomic E-state index is 0.289. The van der Waals surface area contributed by atoms with Crippen LogP contribution in [-0.4, -0.2) is 27.2 Å². The summed E-state index contributed by atoms with van der Waals surface area (Å²) in [5.74, 6) is 2.00. The van der Waals surface area contributed by atoms with E-state index in [0.29, 0.717) is 14.5 Å². The van der Waals surface area contributed by atoms with E-state index in [1.807, 2.05) is 0 Å². The molecule has 2 rings (SSSR count). The van der Waals surface area contributed by atoms with Crippen LogP contribution in [0.4, 0.5) is 0 Å². The number of rotatable bonds is 9. The number of hydrogen-bond acceptors (Lipinski definition) is 2. The van der Waals surface area contributed by atoms with Crippen LogP contribution in [0, 0.1) is 0 Å². The van der Waals surface area contributed by atoms with Crippen LogP contribution in [0.15, 0.2) is 9.88 Å². The fourth-order valence-corrected chi connectivity index (χ4v) is 3.92. The molecule has 2 heterocycles. The Labute approximate surface area is 123 Å². The minimum absolute atomic E-state index is 0.289. The molecular formula is C16H26O2Se. The third-order valence-electron chi connectivity index (χ3n) is 3.69. The molecule has 3 heteroatoms. The van der Waals surface area contributed by atoms with E-state index in [9.17, 15) is 0 Å². The summed E-state index contributed by atoms with van der Waals surface area (Å²) in [4.78, 5) is 4.34. The summed E-state index contributed by atoms with van der Waals surface area (Å²) in [5.41, 5.74) is 0. The molecule has 0 bridgehead atoms. The van der Waals surface area contributed by atoms with Gasteiger partial charge in [-0.15, -0.1) is 0 Å². The average molecular weight is 329 g/mol. The molecule has 1 aliphatic heterocycles. The molecule has 108 valence electrons. The van der Waals surface area contributed by atoms with Gasteiger partial charge >= 0.3 is 109 Å². The third kappa shape index (κ3) is 5.24. The van der Waals surface area contributed by atoms with Crippen LogP contribution in [0.2, 0.25) is 0 Å². The monoisotopic (exact) mass is 330 g/mol. The third-order valence-corrected chi connectivity index (χ3v) is 5.16. The SMILES string of the molecule is CCCCCCCCCCC1COc2c[se]cc2O1. The predicted molar refractivity (Wildman–Crippen MR) is 80.5 cm³/mol. The second-order valence-corrected chi connectivity index (χ2v) is 6.97. The number of fused-ring (bicyclic) bond motifs is 1. The first-order chi connectivity index (χ1) is 9.40. The molecule has 1 aromatic rings. The van der Waals surface area contributed by atoms with Crippen molar-refractivity contribution in [1.29, 1.82) is 0 Å². The number of ether oxygens (including phenoxy) is 2. The van der Waals surface area contributed by atoms with Gasteiger partial charge in [-0.1, -0.05) is 13.3 Å². The van der Waals surface area contributed by atoms with Crippen LogP contribution in [-0.2, 0) is 0 Å². The Hall–Kier alpha value is -0.401. The van der Waals surface area contributed by atoms with Crippen molar-refractivity contribution in [1.82, 2.24) is 0 Å². The van der Waals surface area contributed by atoms with Crippen LogP contribution in [0.3, 0.4) is 0 Å². The fraction of sp³-hybridized carbons (Fsp3) is 0.750. The predicted octanol–water partition coefficient (Wildman–Crippen LogP) is 4.41. The van der Waals surface area contributed by atoms with E-state index in [0.717, 1.165) is 24.5 Å². The second kappa shape index (κ2) is 8.71. The van der Waals surface area contributed by atoms with Gasteiger partial charge in [-0.05, 0) is 0 Å². The first kappa shape index (κ1) is 15.0. The molecule has 1 atom stereocenters. The Morgan fingerprint density at radius 1 is 1.00 bits per heavy atom. The van der Waals surface area contributed by atoms with Crippen LogP contribution in [0.25, 0.3) is 0 Å². The van der Waals surface area contributed by atoms with E-state index in [2.05, 4.69) is 16.8 Å². The molecular weight excluding hydrogens is 303 g/mol. The van der Waals surface area contributed by atoms with Gasteiger partial charge in [-0.25, -0.2) is 0 Å². The van der Waals surface area contributed by atoms with Crippen LogP contribution in [0.1, 0.15) is 64.7 Å². The van der Waals surface area contributed by atoms with Gasteiger partial charge in [0.25, 0.3) is 0 Å². The molecule has 0 amide bonds. The van der Waals surface area contributed by atoms with Crippen molar-refractivity contribution in [2.24, 2.45) is 0 Å². The Morgan fingerprint density at radius 3 is 2.47 bits per heavy atom. The van der Waals surface area contributed by atoms with Gasteiger partial charge in [-0.2, -0.15) is 0 Å². The molecule has 0 N–H and O–H groups in total. The van der Waals surface area contributed by atoms with Crippen LogP contribution in [0.5, 0.6) is 11.5 Å². The van der Waals surface area contributed by atoms with Gasteiger partial charge in [0.15, 0.2) is 0 Å². The average Bonchev–Trinajstić information content (AvgIpc) is 2.89. The molecule has 0 spiro atoms. The van der Waals surface area contributed by atoms with Crippen molar-refractivity contribution in [2.75, 3.05) is 6.61 Å². The first-order valence-electron chi connectivity index (χ1n) is 7.75. The first-order valence-corrected chi connectivity index (χ1v) is 9.73. The van der Waals surface area contributed by atoms with Crippen molar-refractivity contribution in [3.05, 3.63) is 9.88 Å². The van der Waals surface area contributed by atoms with Gasteiger partial charge in [0.2, 0.25) is 0 Å². The van der Waals surface area contributed by atoms with E-state index < -0.39 is 0 Å². The van der Waals surface area contributed by atoms with Crippen molar-refractivity contribution in [3.63, 3.8) is 0 Å². The maximum absolute atomic E-state index is 5.95. The molecule has 1 aromatic heterocycles. The topological polar surface area (TPSA) is 18.5 Å². The standard InChI is InChI=1S/C16H26O2Se/c1-2-3-4-5-6-7-8-9-10-14-11-17-15-12-19-13-16(15)18-14/h12-14H,2-11H2,1H3. The summed E-state index contributed by atoms with van der Waals surface area (Å²) in [7, 11) is 0. The summed E-state index contributed by atoms with van der Waals surface area (Å²) in [6, 6.07) is 0. The van der Waals surface area contributed by atoms with E-state index in [4.69, 9.17) is 9.47 Å². The second-order valence-electron chi connectivity index (χ2n) is 5.41. The summed E-state index contributed by atoms with van der Waals surface area (Å²) >= 11 is 0.456. The van der Waals surface area contributed by atoms with Crippen molar-refractivity contribution in [3.8, 4) is 11.5 Å². The van der Waals surface area contributed by atoms with Gasteiger partial charge < -0.3 is 0 Å². The van der Waals surface area contributed by atoms with Gasteiger partial charge in [0, 0.05) is 0 Å². The molecule has 1 unspecified atom stereocenters. The van der Waals surface area contributed by atoms with E-state index >= 15 is 0 Å². The molecule has 0 radical (unpaired) electrons. The Kier molecular flexibility index (Phi) is 6.87. The van der Waals surface area contributed by atoms with Crippen LogP contribution < -0.4 is 9.47 Å². The molecule has 0 aromatic carbocycles. The van der Waals surface area contributed by atoms with Crippen molar-refractivity contribution >= 4 is 14.5 Å². The molecule has 2 nitrogen and oxygen atoms in total. The summed E-state index contributed by atoms with van der Waals surface area (Å²) in [6.45, 7) is 3.02. The molecule has 1 aliphatic rings.